The Balaban J connectivity index is 2.42. The number of aryl methyl sites for hydroxylation is 1. The normalized spacial score (nSPS) is 14.1. The Morgan fingerprint density at radius 2 is 1.82 bits per heavy atom. The van der Waals surface area contributed by atoms with Crippen LogP contribution in [0.5, 0.6) is 0 Å². The Hall–Kier alpha value is -1.97. The Morgan fingerprint density at radius 1 is 1.18 bits per heavy atom. The fourth-order valence-electron chi connectivity index (χ4n) is 1.91. The smallest absolute Gasteiger partial charge is 0.268 e. The van der Waals surface area contributed by atoms with Gasteiger partial charge in [-0.1, -0.05) is 18.6 Å². The number of fused-ring (bicyclic) bond motifs is 1. The number of carbonyl (C=O) groups excluding carboxylic acids is 3. The van der Waals surface area contributed by atoms with Gasteiger partial charge in [-0.05, 0) is 25.5 Å². The van der Waals surface area contributed by atoms with Crippen LogP contribution in [-0.2, 0) is 4.79 Å². The van der Waals surface area contributed by atoms with E-state index in [0.29, 0.717) is 17.5 Å². The van der Waals surface area contributed by atoms with Gasteiger partial charge in [-0.15, -0.1) is 0 Å². The molecule has 4 nitrogen and oxygen atoms in total. The molecule has 0 radical (unpaired) electrons. The van der Waals surface area contributed by atoms with E-state index in [1.54, 1.807) is 18.2 Å². The van der Waals surface area contributed by atoms with Gasteiger partial charge in [0.25, 0.3) is 11.8 Å². The fourth-order valence-corrected chi connectivity index (χ4v) is 1.91. The highest BCUT2D eigenvalue weighted by Gasteiger charge is 2.39. The molecular formula is C13H13NO3. The van der Waals surface area contributed by atoms with E-state index in [9.17, 15) is 14.4 Å². The molecule has 0 spiro atoms. The highest BCUT2D eigenvalue weighted by atomic mass is 16.2. The second-order valence-corrected chi connectivity index (χ2v) is 4.14. The summed E-state index contributed by atoms with van der Waals surface area (Å²) in [7, 11) is 0. The number of hydrogen-bond acceptors (Lipinski definition) is 3. The molecule has 0 saturated carbocycles. The summed E-state index contributed by atoms with van der Waals surface area (Å²) in [4.78, 5) is 36.3. The largest absolute Gasteiger partial charge is 0.274 e. The van der Waals surface area contributed by atoms with Crippen molar-refractivity contribution in [2.45, 2.75) is 26.7 Å². The summed E-state index contributed by atoms with van der Waals surface area (Å²) >= 11 is 0. The molecule has 0 fully saturated rings. The third kappa shape index (κ3) is 1.75. The molecule has 1 heterocycles. The molecule has 0 atom stereocenters. The molecule has 0 aromatic heterocycles. The van der Waals surface area contributed by atoms with Crippen LogP contribution < -0.4 is 0 Å². The Kier molecular flexibility index (Phi) is 2.79. The molecule has 4 heteroatoms. The summed E-state index contributed by atoms with van der Waals surface area (Å²) in [5.74, 6) is -1.41. The number of nitrogens with zero attached hydrogens (tertiary/aromatic N) is 1. The van der Waals surface area contributed by atoms with E-state index in [0.717, 1.165) is 10.5 Å². The molecule has 0 saturated heterocycles. The zero-order valence-corrected chi connectivity index (χ0v) is 9.82. The van der Waals surface area contributed by atoms with E-state index < -0.39 is 17.7 Å². The molecule has 3 amide bonds. The molecule has 0 aliphatic carbocycles. The average Bonchev–Trinajstić information content (AvgIpc) is 2.52. The van der Waals surface area contributed by atoms with E-state index in [4.69, 9.17) is 0 Å². The van der Waals surface area contributed by atoms with Crippen molar-refractivity contribution in [2.75, 3.05) is 0 Å². The first-order valence-electron chi connectivity index (χ1n) is 5.58. The summed E-state index contributed by atoms with van der Waals surface area (Å²) in [6.45, 7) is 3.68. The Morgan fingerprint density at radius 3 is 2.47 bits per heavy atom. The van der Waals surface area contributed by atoms with Crippen LogP contribution in [0.1, 0.15) is 46.0 Å². The van der Waals surface area contributed by atoms with E-state index >= 15 is 0 Å². The maximum absolute atomic E-state index is 12.0. The molecule has 17 heavy (non-hydrogen) atoms. The van der Waals surface area contributed by atoms with Gasteiger partial charge in [0.2, 0.25) is 5.91 Å². The van der Waals surface area contributed by atoms with Gasteiger partial charge < -0.3 is 0 Å². The minimum Gasteiger partial charge on any atom is -0.274 e. The maximum atomic E-state index is 12.0. The number of benzene rings is 1. The quantitative estimate of drug-likeness (QED) is 0.730. The van der Waals surface area contributed by atoms with E-state index in [-0.39, 0.29) is 6.42 Å². The molecule has 1 aliphatic heterocycles. The molecule has 1 aromatic rings. The lowest BCUT2D eigenvalue weighted by atomic mass is 10.1. The molecule has 88 valence electrons. The summed E-state index contributed by atoms with van der Waals surface area (Å²) in [6.07, 6.45) is 0.829. The Bertz CT molecular complexity index is 519. The first kappa shape index (κ1) is 11.5. The van der Waals surface area contributed by atoms with Crippen LogP contribution in [0.25, 0.3) is 0 Å². The Labute approximate surface area is 99.2 Å². The molecule has 1 aliphatic rings. The third-order valence-electron chi connectivity index (χ3n) is 2.76. The SMILES string of the molecule is CCCC(=O)N1C(=O)c2ccc(C)cc2C1=O. The van der Waals surface area contributed by atoms with Crippen LogP contribution in [0.15, 0.2) is 18.2 Å². The topological polar surface area (TPSA) is 54.5 Å². The average molecular weight is 231 g/mol. The van der Waals surface area contributed by atoms with Crippen molar-refractivity contribution in [2.24, 2.45) is 0 Å². The standard InChI is InChI=1S/C13H13NO3/c1-3-4-11(15)14-12(16)9-6-5-8(2)7-10(9)13(14)17/h5-7H,3-4H2,1-2H3. The van der Waals surface area contributed by atoms with Gasteiger partial charge in [-0.3, -0.25) is 14.4 Å². The lowest BCUT2D eigenvalue weighted by Crippen LogP contribution is -2.35. The summed E-state index contributed by atoms with van der Waals surface area (Å²) in [5.41, 5.74) is 1.55. The number of imide groups is 3. The fraction of sp³-hybridized carbons (Fsp3) is 0.308. The van der Waals surface area contributed by atoms with Gasteiger partial charge in [0.1, 0.15) is 0 Å². The van der Waals surface area contributed by atoms with Crippen LogP contribution in [0.3, 0.4) is 0 Å². The second kappa shape index (κ2) is 4.13. The zero-order valence-electron chi connectivity index (χ0n) is 9.82. The molecule has 0 N–H and O–H groups in total. The predicted octanol–water partition coefficient (Wildman–Crippen LogP) is 1.92. The van der Waals surface area contributed by atoms with Gasteiger partial charge in [-0.25, -0.2) is 4.90 Å². The van der Waals surface area contributed by atoms with Crippen LogP contribution >= 0.6 is 0 Å². The number of carbonyl (C=O) groups is 3. The van der Waals surface area contributed by atoms with E-state index in [2.05, 4.69) is 0 Å². The lowest BCUT2D eigenvalue weighted by Gasteiger charge is -2.10. The van der Waals surface area contributed by atoms with Crippen LogP contribution in [0.4, 0.5) is 0 Å². The van der Waals surface area contributed by atoms with Crippen molar-refractivity contribution in [3.63, 3.8) is 0 Å². The van der Waals surface area contributed by atoms with Crippen molar-refractivity contribution >= 4 is 17.7 Å². The molecular weight excluding hydrogens is 218 g/mol. The van der Waals surface area contributed by atoms with Gasteiger partial charge in [0, 0.05) is 6.42 Å². The monoisotopic (exact) mass is 231 g/mol. The van der Waals surface area contributed by atoms with Gasteiger partial charge in [0.05, 0.1) is 11.1 Å². The molecule has 2 rings (SSSR count). The predicted molar refractivity (Wildman–Crippen MR) is 61.6 cm³/mol. The van der Waals surface area contributed by atoms with E-state index in [1.165, 1.54) is 0 Å². The first-order chi connectivity index (χ1) is 8.06. The van der Waals surface area contributed by atoms with Gasteiger partial charge >= 0.3 is 0 Å². The summed E-state index contributed by atoms with van der Waals surface area (Å²) in [5, 5.41) is 0. The lowest BCUT2D eigenvalue weighted by molar-refractivity contribution is -0.126. The van der Waals surface area contributed by atoms with E-state index in [1.807, 2.05) is 13.8 Å². The van der Waals surface area contributed by atoms with Crippen molar-refractivity contribution in [1.82, 2.24) is 4.90 Å². The molecule has 0 bridgehead atoms. The van der Waals surface area contributed by atoms with Gasteiger partial charge in [0.15, 0.2) is 0 Å². The second-order valence-electron chi connectivity index (χ2n) is 4.14. The minimum absolute atomic E-state index is 0.213. The van der Waals surface area contributed by atoms with Crippen molar-refractivity contribution in [3.8, 4) is 0 Å². The number of rotatable bonds is 2. The highest BCUT2D eigenvalue weighted by molar-refractivity contribution is 6.28. The zero-order chi connectivity index (χ0) is 12.6. The summed E-state index contributed by atoms with van der Waals surface area (Å²) < 4.78 is 0. The minimum atomic E-state index is -0.497. The molecule has 0 unspecified atom stereocenters. The van der Waals surface area contributed by atoms with Crippen molar-refractivity contribution in [3.05, 3.63) is 34.9 Å². The highest BCUT2D eigenvalue weighted by Crippen LogP contribution is 2.24. The molecule has 1 aromatic carbocycles. The number of hydrogen-bond donors (Lipinski definition) is 0. The maximum Gasteiger partial charge on any atom is 0.268 e. The first-order valence-corrected chi connectivity index (χ1v) is 5.58. The van der Waals surface area contributed by atoms with Gasteiger partial charge in [-0.2, -0.15) is 0 Å². The summed E-state index contributed by atoms with van der Waals surface area (Å²) in [6, 6.07) is 5.01. The third-order valence-corrected chi connectivity index (χ3v) is 2.76. The van der Waals surface area contributed by atoms with Crippen LogP contribution in [-0.4, -0.2) is 22.6 Å². The number of amides is 3. The van der Waals surface area contributed by atoms with Crippen molar-refractivity contribution < 1.29 is 14.4 Å². The van der Waals surface area contributed by atoms with Crippen molar-refractivity contribution in [1.29, 1.82) is 0 Å². The van der Waals surface area contributed by atoms with Crippen LogP contribution in [0, 0.1) is 6.92 Å². The van der Waals surface area contributed by atoms with Crippen LogP contribution in [0.2, 0.25) is 0 Å².